The predicted octanol–water partition coefficient (Wildman–Crippen LogP) is 2.44. The van der Waals surface area contributed by atoms with E-state index in [2.05, 4.69) is 15.1 Å². The number of aromatic nitrogens is 5. The maximum atomic E-state index is 13.4. The molecule has 0 spiro atoms. The summed E-state index contributed by atoms with van der Waals surface area (Å²) in [5.74, 6) is -1.02. The van der Waals surface area contributed by atoms with Crippen molar-refractivity contribution < 1.29 is 18.0 Å². The number of nitrogens with zero attached hydrogens (tertiary/aromatic N) is 5. The van der Waals surface area contributed by atoms with Crippen LogP contribution in [0.1, 0.15) is 16.3 Å². The van der Waals surface area contributed by atoms with Crippen LogP contribution >= 0.6 is 11.6 Å². The van der Waals surface area contributed by atoms with Crippen molar-refractivity contribution in [2.45, 2.75) is 6.18 Å². The van der Waals surface area contributed by atoms with E-state index in [4.69, 9.17) is 17.3 Å². The van der Waals surface area contributed by atoms with Crippen LogP contribution < -0.4 is 5.73 Å². The van der Waals surface area contributed by atoms with Crippen LogP contribution in [0.4, 0.5) is 13.2 Å². The van der Waals surface area contributed by atoms with Crippen LogP contribution in [0.3, 0.4) is 0 Å². The maximum Gasteiger partial charge on any atom is 0.435 e. The van der Waals surface area contributed by atoms with Gasteiger partial charge in [0.2, 0.25) is 0 Å². The Morgan fingerprint density at radius 2 is 2.04 bits per heavy atom. The third-order valence-corrected chi connectivity index (χ3v) is 3.65. The highest BCUT2D eigenvalue weighted by molar-refractivity contribution is 6.29. The highest BCUT2D eigenvalue weighted by Gasteiger charge is 2.38. The van der Waals surface area contributed by atoms with E-state index in [-0.39, 0.29) is 22.2 Å². The number of carbonyl (C=O) groups is 1. The summed E-state index contributed by atoms with van der Waals surface area (Å²) >= 11 is 5.77. The van der Waals surface area contributed by atoms with Gasteiger partial charge in [-0.15, -0.1) is 0 Å². The summed E-state index contributed by atoms with van der Waals surface area (Å²) in [6.07, 6.45) is -1.05. The summed E-state index contributed by atoms with van der Waals surface area (Å²) in [4.78, 5) is 18.8. The molecule has 11 heteroatoms. The summed E-state index contributed by atoms with van der Waals surface area (Å²) in [6.45, 7) is 0. The first kappa shape index (κ1) is 17.0. The molecule has 0 atom stereocenters. The van der Waals surface area contributed by atoms with Crippen molar-refractivity contribution in [1.82, 2.24) is 24.3 Å². The van der Waals surface area contributed by atoms with E-state index < -0.39 is 17.8 Å². The van der Waals surface area contributed by atoms with E-state index in [1.165, 1.54) is 36.1 Å². The zero-order valence-corrected chi connectivity index (χ0v) is 13.4. The number of halogens is 4. The number of hydrogen-bond acceptors (Lipinski definition) is 4. The molecule has 0 unspecified atom stereocenters. The Hall–Kier alpha value is -2.88. The molecule has 0 saturated carbocycles. The Labute approximate surface area is 143 Å². The predicted molar refractivity (Wildman–Crippen MR) is 82.1 cm³/mol. The molecule has 2 N–H and O–H groups in total. The number of imidazole rings is 1. The fourth-order valence-electron chi connectivity index (χ4n) is 2.33. The van der Waals surface area contributed by atoms with Crippen LogP contribution in [-0.4, -0.2) is 30.2 Å². The molecule has 25 heavy (non-hydrogen) atoms. The Balaban J connectivity index is 2.21. The fourth-order valence-corrected chi connectivity index (χ4v) is 2.49. The number of primary amides is 1. The zero-order valence-electron chi connectivity index (χ0n) is 12.6. The van der Waals surface area contributed by atoms with E-state index in [0.717, 1.165) is 10.9 Å². The molecule has 7 nitrogen and oxygen atoms in total. The number of amides is 1. The van der Waals surface area contributed by atoms with Crippen molar-refractivity contribution in [3.05, 3.63) is 47.4 Å². The smallest absolute Gasteiger partial charge is 0.363 e. The zero-order chi connectivity index (χ0) is 18.4. The summed E-state index contributed by atoms with van der Waals surface area (Å²) in [5.41, 5.74) is 4.13. The van der Waals surface area contributed by atoms with Gasteiger partial charge in [-0.3, -0.25) is 4.79 Å². The third-order valence-electron chi connectivity index (χ3n) is 3.44. The Morgan fingerprint density at radius 3 is 2.60 bits per heavy atom. The molecule has 0 aromatic carbocycles. The minimum Gasteiger partial charge on any atom is -0.363 e. The largest absolute Gasteiger partial charge is 0.435 e. The minimum absolute atomic E-state index is 0.0486. The van der Waals surface area contributed by atoms with E-state index in [1.54, 1.807) is 0 Å². The fraction of sp³-hybridized carbons (Fsp3) is 0.143. The first-order valence-electron chi connectivity index (χ1n) is 6.79. The molecule has 3 aromatic heterocycles. The van der Waals surface area contributed by atoms with E-state index in [1.807, 2.05) is 0 Å². The van der Waals surface area contributed by atoms with Crippen LogP contribution in [0.5, 0.6) is 0 Å². The second-order valence-electron chi connectivity index (χ2n) is 5.06. The average molecular weight is 371 g/mol. The van der Waals surface area contributed by atoms with Crippen molar-refractivity contribution in [3.63, 3.8) is 0 Å². The van der Waals surface area contributed by atoms with Gasteiger partial charge in [0.1, 0.15) is 5.15 Å². The molecule has 0 radical (unpaired) electrons. The van der Waals surface area contributed by atoms with Crippen LogP contribution in [-0.2, 0) is 13.2 Å². The first-order chi connectivity index (χ1) is 11.7. The molecular weight excluding hydrogens is 361 g/mol. The number of alkyl halides is 3. The first-order valence-corrected chi connectivity index (χ1v) is 7.17. The Kier molecular flexibility index (Phi) is 3.99. The van der Waals surface area contributed by atoms with Gasteiger partial charge in [0.25, 0.3) is 5.91 Å². The second-order valence-corrected chi connectivity index (χ2v) is 5.45. The van der Waals surface area contributed by atoms with Gasteiger partial charge in [-0.1, -0.05) is 11.6 Å². The van der Waals surface area contributed by atoms with Gasteiger partial charge in [0, 0.05) is 25.5 Å². The van der Waals surface area contributed by atoms with E-state index in [0.29, 0.717) is 5.69 Å². The lowest BCUT2D eigenvalue weighted by Crippen LogP contribution is -2.17. The van der Waals surface area contributed by atoms with E-state index >= 15 is 0 Å². The number of nitrogens with two attached hydrogens (primary N) is 1. The molecule has 0 aliphatic rings. The summed E-state index contributed by atoms with van der Waals surface area (Å²) in [7, 11) is 1.39. The quantitative estimate of drug-likeness (QED) is 0.717. The van der Waals surface area contributed by atoms with Gasteiger partial charge in [-0.05, 0) is 6.07 Å². The van der Waals surface area contributed by atoms with Gasteiger partial charge in [-0.25, -0.2) is 14.6 Å². The van der Waals surface area contributed by atoms with Crippen LogP contribution in [0.25, 0.3) is 16.9 Å². The third kappa shape index (κ3) is 3.07. The normalized spacial score (nSPS) is 11.7. The van der Waals surface area contributed by atoms with Crippen LogP contribution in [0.15, 0.2) is 30.7 Å². The topological polar surface area (TPSA) is 91.6 Å². The van der Waals surface area contributed by atoms with Crippen LogP contribution in [0.2, 0.25) is 5.15 Å². The highest BCUT2D eigenvalue weighted by Crippen LogP contribution is 2.36. The molecule has 1 amide bonds. The molecule has 0 fully saturated rings. The van der Waals surface area contributed by atoms with Crippen molar-refractivity contribution in [1.29, 1.82) is 0 Å². The van der Waals surface area contributed by atoms with Gasteiger partial charge in [-0.2, -0.15) is 18.3 Å². The van der Waals surface area contributed by atoms with Gasteiger partial charge < -0.3 is 10.3 Å². The van der Waals surface area contributed by atoms with E-state index in [9.17, 15) is 18.0 Å². The maximum absolute atomic E-state index is 13.4. The SMILES string of the molecule is Cn1c(-c2cn(-c3ccnc(Cl)c3)nc2C(F)(F)F)cnc1C(N)=O. The van der Waals surface area contributed by atoms with Crippen molar-refractivity contribution in [3.8, 4) is 16.9 Å². The second kappa shape index (κ2) is 5.88. The minimum atomic E-state index is -4.71. The average Bonchev–Trinajstić information content (AvgIpc) is 3.10. The molecule has 3 aromatic rings. The standard InChI is InChI=1S/C14H10ClF3N6O/c1-23-9(5-21-13(23)12(19)25)8-6-24(22-11(8)14(16,17)18)7-2-3-20-10(15)4-7/h2-6H,1H3,(H2,19,25). The van der Waals surface area contributed by atoms with Crippen LogP contribution in [0, 0.1) is 0 Å². The number of pyridine rings is 1. The molecular formula is C14H10ClF3N6O. The molecule has 0 aliphatic heterocycles. The number of carbonyl (C=O) groups excluding carboxylic acids is 1. The molecule has 130 valence electrons. The molecule has 0 aliphatic carbocycles. The molecule has 0 bridgehead atoms. The number of rotatable bonds is 3. The molecule has 0 saturated heterocycles. The number of hydrogen-bond donors (Lipinski definition) is 1. The van der Waals surface area contributed by atoms with Crippen molar-refractivity contribution in [2.75, 3.05) is 0 Å². The summed E-state index contributed by atoms with van der Waals surface area (Å²) in [5, 5.41) is 3.72. The molecule has 3 heterocycles. The lowest BCUT2D eigenvalue weighted by atomic mass is 10.2. The van der Waals surface area contributed by atoms with Crippen molar-refractivity contribution >= 4 is 17.5 Å². The lowest BCUT2D eigenvalue weighted by Gasteiger charge is -2.07. The van der Waals surface area contributed by atoms with Gasteiger partial charge >= 0.3 is 6.18 Å². The lowest BCUT2D eigenvalue weighted by molar-refractivity contribution is -0.140. The van der Waals surface area contributed by atoms with Gasteiger partial charge in [0.15, 0.2) is 11.5 Å². The Morgan fingerprint density at radius 1 is 1.32 bits per heavy atom. The van der Waals surface area contributed by atoms with Gasteiger partial charge in [0.05, 0.1) is 23.1 Å². The summed E-state index contributed by atoms with van der Waals surface area (Å²) in [6, 6.07) is 2.83. The van der Waals surface area contributed by atoms with Crippen molar-refractivity contribution in [2.24, 2.45) is 12.8 Å². The summed E-state index contributed by atoms with van der Waals surface area (Å²) < 4.78 is 42.4. The Bertz CT molecular complexity index is 962. The molecule has 3 rings (SSSR count). The highest BCUT2D eigenvalue weighted by atomic mass is 35.5. The monoisotopic (exact) mass is 370 g/mol.